The van der Waals surface area contributed by atoms with Crippen LogP contribution in [0.25, 0.3) is 18.5 Å². The Bertz CT molecular complexity index is 928. The molecule has 110 valence electrons. The zero-order valence-corrected chi connectivity index (χ0v) is 11.8. The molecule has 5 nitrogen and oxygen atoms in total. The molecule has 22 heavy (non-hydrogen) atoms. The van der Waals surface area contributed by atoms with Crippen LogP contribution in [0.15, 0.2) is 65.5 Å². The van der Waals surface area contributed by atoms with E-state index in [1.165, 1.54) is 10.9 Å². The third-order valence-electron chi connectivity index (χ3n) is 3.29. The normalized spacial score (nSPS) is 11.6. The van der Waals surface area contributed by atoms with Crippen molar-refractivity contribution in [2.45, 2.75) is 0 Å². The Morgan fingerprint density at radius 2 is 1.64 bits per heavy atom. The van der Waals surface area contributed by atoms with Crippen LogP contribution in [0.4, 0.5) is 5.69 Å². The Kier molecular flexibility index (Phi) is 3.64. The predicted molar refractivity (Wildman–Crippen MR) is 86.3 cm³/mol. The summed E-state index contributed by atoms with van der Waals surface area (Å²) in [6.07, 6.45) is 1.36. The molecule has 2 N–H and O–H groups in total. The number of benzene rings is 2. The lowest BCUT2D eigenvalue weighted by Crippen LogP contribution is -2.36. The summed E-state index contributed by atoms with van der Waals surface area (Å²) in [6.45, 7) is 3.83. The maximum absolute atomic E-state index is 12.5. The molecule has 0 spiro atoms. The average Bonchev–Trinajstić information content (AvgIpc) is 2.84. The lowest BCUT2D eigenvalue weighted by molar-refractivity contribution is 0.309. The van der Waals surface area contributed by atoms with Gasteiger partial charge in [-0.15, -0.1) is 0 Å². The van der Waals surface area contributed by atoms with E-state index in [9.17, 15) is 10.0 Å². The molecule has 0 radical (unpaired) electrons. The van der Waals surface area contributed by atoms with Crippen LogP contribution < -0.4 is 21.2 Å². The Morgan fingerprint density at radius 1 is 1.05 bits per heavy atom. The summed E-state index contributed by atoms with van der Waals surface area (Å²) in [7, 11) is 0. The topological polar surface area (TPSA) is 61.3 Å². The predicted octanol–water partition coefficient (Wildman–Crippen LogP) is 1.21. The first-order chi connectivity index (χ1) is 10.7. The van der Waals surface area contributed by atoms with Gasteiger partial charge in [0.25, 0.3) is 5.56 Å². The van der Waals surface area contributed by atoms with Crippen molar-refractivity contribution in [2.75, 3.05) is 5.06 Å². The second-order valence-electron chi connectivity index (χ2n) is 4.79. The van der Waals surface area contributed by atoms with E-state index in [0.29, 0.717) is 21.9 Å². The van der Waals surface area contributed by atoms with Crippen molar-refractivity contribution in [3.63, 3.8) is 0 Å². The van der Waals surface area contributed by atoms with Crippen LogP contribution in [0.5, 0.6) is 0 Å². The van der Waals surface area contributed by atoms with Crippen molar-refractivity contribution < 1.29 is 5.21 Å². The number of hydrogen-bond acceptors (Lipinski definition) is 3. The van der Waals surface area contributed by atoms with E-state index in [0.717, 1.165) is 5.06 Å². The van der Waals surface area contributed by atoms with Crippen LogP contribution in [0.3, 0.4) is 0 Å². The van der Waals surface area contributed by atoms with Gasteiger partial charge in [-0.1, -0.05) is 43.0 Å². The number of hydrogen-bond donors (Lipinski definition) is 2. The lowest BCUT2D eigenvalue weighted by Gasteiger charge is -2.10. The van der Waals surface area contributed by atoms with Gasteiger partial charge in [-0.05, 0) is 24.3 Å². The van der Waals surface area contributed by atoms with Gasteiger partial charge in [-0.25, -0.2) is 9.75 Å². The second-order valence-corrected chi connectivity index (χ2v) is 4.79. The summed E-state index contributed by atoms with van der Waals surface area (Å²) in [5, 5.41) is 14.6. The second kappa shape index (κ2) is 5.75. The zero-order chi connectivity index (χ0) is 15.5. The molecule has 0 unspecified atom stereocenters. The third kappa shape index (κ3) is 2.57. The highest BCUT2D eigenvalue weighted by molar-refractivity contribution is 5.54. The molecule has 0 aliphatic carbocycles. The first-order valence-electron chi connectivity index (χ1n) is 6.77. The Morgan fingerprint density at radius 3 is 2.27 bits per heavy atom. The van der Waals surface area contributed by atoms with E-state index in [2.05, 4.69) is 11.7 Å². The number of aromatic amines is 1. The highest BCUT2D eigenvalue weighted by atomic mass is 16.5. The van der Waals surface area contributed by atoms with Gasteiger partial charge in [0.2, 0.25) is 0 Å². The molecule has 1 aromatic heterocycles. The van der Waals surface area contributed by atoms with Crippen LogP contribution in [0.2, 0.25) is 0 Å². The maximum Gasteiger partial charge on any atom is 0.280 e. The minimum atomic E-state index is -0.272. The fourth-order valence-corrected chi connectivity index (χ4v) is 2.17. The van der Waals surface area contributed by atoms with Gasteiger partial charge in [0.1, 0.15) is 0 Å². The molecule has 2 aromatic carbocycles. The van der Waals surface area contributed by atoms with Crippen LogP contribution in [-0.4, -0.2) is 15.0 Å². The van der Waals surface area contributed by atoms with Crippen LogP contribution >= 0.6 is 0 Å². The minimum Gasteiger partial charge on any atom is -0.291 e. The number of nitrogens with zero attached hydrogens (tertiary/aromatic N) is 2. The summed E-state index contributed by atoms with van der Waals surface area (Å²) in [6, 6.07) is 18.1. The minimum absolute atomic E-state index is 0.272. The van der Waals surface area contributed by atoms with Crippen molar-refractivity contribution in [3.05, 3.63) is 81.6 Å². The molecule has 0 saturated carbocycles. The Labute approximate surface area is 126 Å². The van der Waals surface area contributed by atoms with Gasteiger partial charge in [-0.2, -0.15) is 0 Å². The highest BCUT2D eigenvalue weighted by Crippen LogP contribution is 2.10. The van der Waals surface area contributed by atoms with Gasteiger partial charge >= 0.3 is 0 Å². The lowest BCUT2D eigenvalue weighted by atomic mass is 10.3. The molecule has 0 bridgehead atoms. The number of hydroxylamine groups is 1. The maximum atomic E-state index is 12.5. The van der Waals surface area contributed by atoms with E-state index in [-0.39, 0.29) is 5.56 Å². The summed E-state index contributed by atoms with van der Waals surface area (Å²) >= 11 is 0. The molecule has 0 aliphatic heterocycles. The fraction of sp³-hybridized carbons (Fsp3) is 0. The molecule has 0 aliphatic rings. The van der Waals surface area contributed by atoms with Crippen molar-refractivity contribution in [3.8, 4) is 5.69 Å². The van der Waals surface area contributed by atoms with E-state index in [4.69, 9.17) is 0 Å². The number of aromatic nitrogens is 2. The van der Waals surface area contributed by atoms with Gasteiger partial charge < -0.3 is 0 Å². The fourth-order valence-electron chi connectivity index (χ4n) is 2.17. The standard InChI is InChI=1S/C17H15N3O2/c1-13-16(12-19(22)14-8-4-2-5-9-14)17(21)20(18-13)15-10-6-3-7-11-15/h2-12,18,22H,1H2/b16-12-. The molecule has 0 fully saturated rings. The van der Waals surface area contributed by atoms with Crippen molar-refractivity contribution >= 4 is 18.5 Å². The van der Waals surface area contributed by atoms with E-state index in [1.807, 2.05) is 36.4 Å². The smallest absolute Gasteiger partial charge is 0.280 e. The quantitative estimate of drug-likeness (QED) is 0.714. The summed E-state index contributed by atoms with van der Waals surface area (Å²) in [5.41, 5.74) is 1.00. The highest BCUT2D eigenvalue weighted by Gasteiger charge is 2.06. The molecular weight excluding hydrogens is 278 g/mol. The van der Waals surface area contributed by atoms with Gasteiger partial charge in [0, 0.05) is 6.20 Å². The number of anilines is 1. The van der Waals surface area contributed by atoms with Crippen LogP contribution in [0.1, 0.15) is 0 Å². The van der Waals surface area contributed by atoms with E-state index >= 15 is 0 Å². The third-order valence-corrected chi connectivity index (χ3v) is 3.29. The molecule has 0 saturated heterocycles. The van der Waals surface area contributed by atoms with Crippen LogP contribution in [0, 0.1) is 0 Å². The van der Waals surface area contributed by atoms with Crippen molar-refractivity contribution in [1.29, 1.82) is 0 Å². The monoisotopic (exact) mass is 293 g/mol. The zero-order valence-electron chi connectivity index (χ0n) is 11.8. The van der Waals surface area contributed by atoms with Gasteiger partial charge in [-0.3, -0.25) is 15.1 Å². The molecule has 3 rings (SSSR count). The SMILES string of the molecule is C=c1[nH]n(-c2ccccc2)c(=O)/c1=C\N(O)c1ccccc1. The number of rotatable bonds is 3. The number of H-pyrrole nitrogens is 1. The first kappa shape index (κ1) is 13.9. The van der Waals surface area contributed by atoms with Crippen molar-refractivity contribution in [1.82, 2.24) is 9.78 Å². The number of nitrogens with one attached hydrogen (secondary N) is 1. The average molecular weight is 293 g/mol. The summed E-state index contributed by atoms with van der Waals surface area (Å²) in [4.78, 5) is 12.5. The molecule has 0 amide bonds. The molecule has 3 aromatic rings. The summed E-state index contributed by atoms with van der Waals surface area (Å²) < 4.78 is 1.40. The van der Waals surface area contributed by atoms with E-state index < -0.39 is 0 Å². The van der Waals surface area contributed by atoms with E-state index in [1.54, 1.807) is 24.3 Å². The molecule has 0 atom stereocenters. The molecular formula is C17H15N3O2. The Hall–Kier alpha value is -3.05. The van der Waals surface area contributed by atoms with Gasteiger partial charge in [0.05, 0.1) is 21.9 Å². The first-order valence-corrected chi connectivity index (χ1v) is 6.77. The molecule has 5 heteroatoms. The van der Waals surface area contributed by atoms with Crippen LogP contribution in [-0.2, 0) is 0 Å². The largest absolute Gasteiger partial charge is 0.291 e. The Balaban J connectivity index is 2.10. The van der Waals surface area contributed by atoms with Gasteiger partial charge in [0.15, 0.2) is 0 Å². The summed E-state index contributed by atoms with van der Waals surface area (Å²) in [5.74, 6) is 0. The number of para-hydroxylation sites is 2. The van der Waals surface area contributed by atoms with Crippen molar-refractivity contribution in [2.24, 2.45) is 0 Å². The molecule has 1 heterocycles.